The Morgan fingerprint density at radius 3 is 2.69 bits per heavy atom. The van der Waals surface area contributed by atoms with Crippen molar-refractivity contribution in [2.45, 2.75) is 18.6 Å². The quantitative estimate of drug-likeness (QED) is 0.546. The van der Waals surface area contributed by atoms with Gasteiger partial charge in [-0.05, 0) is 32.1 Å². The van der Waals surface area contributed by atoms with Gasteiger partial charge in [-0.1, -0.05) is 0 Å². The van der Waals surface area contributed by atoms with Crippen LogP contribution in [-0.2, 0) is 0 Å². The molecular weight excluding hydrogens is 214 g/mol. The van der Waals surface area contributed by atoms with Gasteiger partial charge in [-0.25, -0.2) is 4.79 Å². The van der Waals surface area contributed by atoms with Crippen molar-refractivity contribution in [3.05, 3.63) is 23.7 Å². The first kappa shape index (κ1) is 12.7. The minimum absolute atomic E-state index is 0.0565. The van der Waals surface area contributed by atoms with Crippen molar-refractivity contribution in [1.82, 2.24) is 5.32 Å². The highest BCUT2D eigenvalue weighted by atomic mass is 16.4. The molecule has 1 rings (SSSR count). The molecule has 6 nitrogen and oxygen atoms in total. The first-order valence-electron chi connectivity index (χ1n) is 4.90. The molecule has 0 amide bonds. The lowest BCUT2D eigenvalue weighted by Gasteiger charge is -2.15. The molecule has 2 atom stereocenters. The average Bonchev–Trinajstić information content (AvgIpc) is 2.74. The van der Waals surface area contributed by atoms with E-state index in [1.165, 1.54) is 12.1 Å². The zero-order valence-corrected chi connectivity index (χ0v) is 8.88. The number of aliphatic hydroxyl groups excluding tert-OH is 2. The van der Waals surface area contributed by atoms with Crippen molar-refractivity contribution >= 4 is 5.97 Å². The fraction of sp³-hybridized carbons (Fsp3) is 0.500. The van der Waals surface area contributed by atoms with Crippen molar-refractivity contribution in [2.75, 3.05) is 13.6 Å². The number of hydrogen-bond donors (Lipinski definition) is 4. The van der Waals surface area contributed by atoms with Crippen LogP contribution in [0.5, 0.6) is 0 Å². The van der Waals surface area contributed by atoms with E-state index >= 15 is 0 Å². The number of nitrogens with one attached hydrogen (secondary N) is 1. The van der Waals surface area contributed by atoms with E-state index in [1.54, 1.807) is 7.05 Å². The summed E-state index contributed by atoms with van der Waals surface area (Å²) in [5.41, 5.74) is 0. The first-order valence-corrected chi connectivity index (χ1v) is 4.90. The summed E-state index contributed by atoms with van der Waals surface area (Å²) in [5.74, 6) is -1.40. The number of rotatable bonds is 6. The molecular formula is C10H15NO5. The number of carboxylic acids is 1. The smallest absolute Gasteiger partial charge is 0.371 e. The summed E-state index contributed by atoms with van der Waals surface area (Å²) in [6, 6.07) is 2.59. The molecule has 0 bridgehead atoms. The monoisotopic (exact) mass is 229 g/mol. The molecule has 6 heteroatoms. The Hall–Kier alpha value is -1.37. The van der Waals surface area contributed by atoms with Crippen LogP contribution in [0.3, 0.4) is 0 Å². The first-order chi connectivity index (χ1) is 7.56. The third-order valence-electron chi connectivity index (χ3n) is 2.18. The molecule has 0 aliphatic rings. The molecule has 1 heterocycles. The Kier molecular flexibility index (Phi) is 4.48. The predicted octanol–water partition coefficient (Wildman–Crippen LogP) is -0.0184. The summed E-state index contributed by atoms with van der Waals surface area (Å²) < 4.78 is 4.88. The average molecular weight is 229 g/mol. The van der Waals surface area contributed by atoms with Gasteiger partial charge in [0.15, 0.2) is 0 Å². The molecule has 0 fully saturated rings. The summed E-state index contributed by atoms with van der Waals surface area (Å²) in [5, 5.41) is 30.6. The van der Waals surface area contributed by atoms with E-state index in [0.717, 1.165) is 0 Å². The fourth-order valence-corrected chi connectivity index (χ4v) is 1.27. The highest BCUT2D eigenvalue weighted by molar-refractivity contribution is 5.84. The second-order valence-corrected chi connectivity index (χ2v) is 3.41. The largest absolute Gasteiger partial charge is 0.475 e. The van der Waals surface area contributed by atoms with Crippen LogP contribution in [0.2, 0.25) is 0 Å². The number of carboxylic acid groups (broad SMARTS) is 1. The Balaban J connectivity index is 2.64. The van der Waals surface area contributed by atoms with Crippen molar-refractivity contribution < 1.29 is 24.5 Å². The summed E-state index contributed by atoms with van der Waals surface area (Å²) in [6.07, 6.45) is -1.84. The van der Waals surface area contributed by atoms with Gasteiger partial charge in [0.2, 0.25) is 5.76 Å². The molecule has 0 aliphatic carbocycles. The van der Waals surface area contributed by atoms with E-state index in [0.29, 0.717) is 13.0 Å². The lowest BCUT2D eigenvalue weighted by atomic mass is 10.1. The molecule has 0 saturated heterocycles. The van der Waals surface area contributed by atoms with Crippen LogP contribution in [0, 0.1) is 0 Å². The van der Waals surface area contributed by atoms with E-state index in [2.05, 4.69) is 5.32 Å². The molecule has 90 valence electrons. The minimum Gasteiger partial charge on any atom is -0.475 e. The van der Waals surface area contributed by atoms with Gasteiger partial charge >= 0.3 is 5.97 Å². The maximum Gasteiger partial charge on any atom is 0.371 e. The van der Waals surface area contributed by atoms with E-state index in [9.17, 15) is 15.0 Å². The second-order valence-electron chi connectivity index (χ2n) is 3.41. The molecule has 16 heavy (non-hydrogen) atoms. The predicted molar refractivity (Wildman–Crippen MR) is 55.2 cm³/mol. The number of aromatic carboxylic acids is 1. The maximum atomic E-state index is 10.5. The van der Waals surface area contributed by atoms with Gasteiger partial charge in [0.25, 0.3) is 0 Å². The standard InChI is InChI=1S/C10H15NO5/c1-11-5-4-6(12)9(13)7-2-3-8(16-7)10(14)15/h2-3,6,9,11-13H,4-5H2,1H3,(H,14,15). The van der Waals surface area contributed by atoms with E-state index in [1.807, 2.05) is 0 Å². The van der Waals surface area contributed by atoms with Gasteiger partial charge in [-0.2, -0.15) is 0 Å². The van der Waals surface area contributed by atoms with Crippen molar-refractivity contribution in [3.8, 4) is 0 Å². The van der Waals surface area contributed by atoms with Gasteiger partial charge in [0.1, 0.15) is 11.9 Å². The van der Waals surface area contributed by atoms with Crippen LogP contribution in [0.15, 0.2) is 16.5 Å². The van der Waals surface area contributed by atoms with Crippen LogP contribution in [-0.4, -0.2) is 41.0 Å². The highest BCUT2D eigenvalue weighted by Gasteiger charge is 2.22. The number of carbonyl (C=O) groups is 1. The molecule has 1 aromatic rings. The highest BCUT2D eigenvalue weighted by Crippen LogP contribution is 2.21. The van der Waals surface area contributed by atoms with E-state index < -0.39 is 18.2 Å². The van der Waals surface area contributed by atoms with Crippen molar-refractivity contribution in [1.29, 1.82) is 0 Å². The minimum atomic E-state index is -1.21. The molecule has 0 radical (unpaired) electrons. The maximum absolute atomic E-state index is 10.5. The van der Waals surface area contributed by atoms with E-state index in [4.69, 9.17) is 9.52 Å². The molecule has 4 N–H and O–H groups in total. The third-order valence-corrected chi connectivity index (χ3v) is 2.18. The number of hydrogen-bond acceptors (Lipinski definition) is 5. The normalized spacial score (nSPS) is 14.7. The summed E-state index contributed by atoms with van der Waals surface area (Å²) in [6.45, 7) is 0.546. The Morgan fingerprint density at radius 1 is 1.50 bits per heavy atom. The number of aliphatic hydroxyl groups is 2. The lowest BCUT2D eigenvalue weighted by molar-refractivity contribution is 0.000637. The molecule has 0 saturated carbocycles. The molecule has 0 spiro atoms. The zero-order valence-electron chi connectivity index (χ0n) is 8.88. The fourth-order valence-electron chi connectivity index (χ4n) is 1.27. The van der Waals surface area contributed by atoms with Crippen LogP contribution >= 0.6 is 0 Å². The van der Waals surface area contributed by atoms with Crippen LogP contribution in [0.1, 0.15) is 28.8 Å². The Morgan fingerprint density at radius 2 is 2.19 bits per heavy atom. The second kappa shape index (κ2) is 5.64. The van der Waals surface area contributed by atoms with Gasteiger partial charge in [0.05, 0.1) is 6.10 Å². The SMILES string of the molecule is CNCCC(O)C(O)c1ccc(C(=O)O)o1. The zero-order chi connectivity index (χ0) is 12.1. The summed E-state index contributed by atoms with van der Waals surface area (Å²) in [4.78, 5) is 10.5. The van der Waals surface area contributed by atoms with E-state index in [-0.39, 0.29) is 11.5 Å². The molecule has 0 aromatic carbocycles. The van der Waals surface area contributed by atoms with Gasteiger partial charge in [-0.15, -0.1) is 0 Å². The Bertz CT molecular complexity index is 349. The van der Waals surface area contributed by atoms with Crippen molar-refractivity contribution in [3.63, 3.8) is 0 Å². The lowest BCUT2D eigenvalue weighted by Crippen LogP contribution is -2.23. The third kappa shape index (κ3) is 3.06. The van der Waals surface area contributed by atoms with Crippen LogP contribution in [0.25, 0.3) is 0 Å². The molecule has 0 aliphatic heterocycles. The molecule has 2 unspecified atom stereocenters. The topological polar surface area (TPSA) is 103 Å². The summed E-state index contributed by atoms with van der Waals surface area (Å²) >= 11 is 0. The van der Waals surface area contributed by atoms with Gasteiger partial charge < -0.3 is 25.1 Å². The van der Waals surface area contributed by atoms with Gasteiger partial charge in [-0.3, -0.25) is 0 Å². The van der Waals surface area contributed by atoms with Crippen LogP contribution < -0.4 is 5.32 Å². The van der Waals surface area contributed by atoms with Gasteiger partial charge in [0, 0.05) is 0 Å². The van der Waals surface area contributed by atoms with Crippen LogP contribution in [0.4, 0.5) is 0 Å². The number of furan rings is 1. The Labute approximate surface area is 92.5 Å². The van der Waals surface area contributed by atoms with Crippen molar-refractivity contribution in [2.24, 2.45) is 0 Å². The summed E-state index contributed by atoms with van der Waals surface area (Å²) in [7, 11) is 1.73. The molecule has 1 aromatic heterocycles.